The van der Waals surface area contributed by atoms with Crippen molar-refractivity contribution in [2.24, 2.45) is 0 Å². The maximum Gasteiger partial charge on any atom is 0.240 e. The van der Waals surface area contributed by atoms with Crippen LogP contribution in [0.2, 0.25) is 0 Å². The highest BCUT2D eigenvalue weighted by Gasteiger charge is 2.31. The number of benzene rings is 1. The van der Waals surface area contributed by atoms with Gasteiger partial charge in [0.25, 0.3) is 0 Å². The van der Waals surface area contributed by atoms with Crippen LogP contribution in [0.5, 0.6) is 5.75 Å². The fraction of sp³-hybridized carbons (Fsp3) is 0.533. The highest BCUT2D eigenvalue weighted by atomic mass is 35.5. The van der Waals surface area contributed by atoms with Crippen LogP contribution in [0.1, 0.15) is 24.9 Å². The molecule has 3 rings (SSSR count). The van der Waals surface area contributed by atoms with Crippen LogP contribution in [-0.4, -0.2) is 37.8 Å². The summed E-state index contributed by atoms with van der Waals surface area (Å²) in [5.74, 6) is 0.865. The average Bonchev–Trinajstić information content (AvgIpc) is 2.48. The summed E-state index contributed by atoms with van der Waals surface area (Å²) in [6, 6.07) is 7.60. The number of nitrogens with one attached hydrogen (secondary N) is 2. The van der Waals surface area contributed by atoms with Crippen LogP contribution in [0.15, 0.2) is 24.3 Å². The highest BCUT2D eigenvalue weighted by molar-refractivity contribution is 5.85. The zero-order chi connectivity index (χ0) is 13.9. The van der Waals surface area contributed by atoms with E-state index in [2.05, 4.69) is 10.6 Å². The van der Waals surface area contributed by atoms with Gasteiger partial charge < -0.3 is 20.1 Å². The Morgan fingerprint density at radius 2 is 2.14 bits per heavy atom. The van der Waals surface area contributed by atoms with Crippen LogP contribution in [0, 0.1) is 0 Å². The quantitative estimate of drug-likeness (QED) is 0.867. The van der Waals surface area contributed by atoms with Crippen molar-refractivity contribution in [1.82, 2.24) is 10.6 Å². The van der Waals surface area contributed by atoms with Crippen molar-refractivity contribution in [2.45, 2.75) is 31.5 Å². The minimum atomic E-state index is -0.279. The highest BCUT2D eigenvalue weighted by Crippen LogP contribution is 2.31. The van der Waals surface area contributed by atoms with Gasteiger partial charge in [0.2, 0.25) is 5.91 Å². The molecule has 0 radical (unpaired) electrons. The summed E-state index contributed by atoms with van der Waals surface area (Å²) < 4.78 is 11.1. The number of para-hydroxylation sites is 1. The Morgan fingerprint density at radius 3 is 2.95 bits per heavy atom. The van der Waals surface area contributed by atoms with Gasteiger partial charge in [0, 0.05) is 18.5 Å². The number of carbonyl (C=O) groups is 1. The Balaban J connectivity index is 0.00000161. The summed E-state index contributed by atoms with van der Waals surface area (Å²) >= 11 is 0. The molecule has 1 unspecified atom stereocenters. The van der Waals surface area contributed by atoms with Crippen molar-refractivity contribution in [3.05, 3.63) is 29.8 Å². The number of hydrogen-bond donors (Lipinski definition) is 2. The van der Waals surface area contributed by atoms with E-state index in [4.69, 9.17) is 9.47 Å². The van der Waals surface area contributed by atoms with Crippen LogP contribution >= 0.6 is 12.4 Å². The molecular formula is C15H21ClN2O3. The van der Waals surface area contributed by atoms with E-state index in [1.807, 2.05) is 31.2 Å². The van der Waals surface area contributed by atoms with Crippen molar-refractivity contribution >= 4 is 18.3 Å². The Labute approximate surface area is 130 Å². The second-order valence-electron chi connectivity index (χ2n) is 5.24. The third-order valence-electron chi connectivity index (χ3n) is 3.87. The van der Waals surface area contributed by atoms with E-state index in [9.17, 15) is 4.79 Å². The Hall–Kier alpha value is -1.30. The summed E-state index contributed by atoms with van der Waals surface area (Å²) in [5, 5.41) is 6.33. The summed E-state index contributed by atoms with van der Waals surface area (Å²) in [6.07, 6.45) is 0.698. The zero-order valence-corrected chi connectivity index (χ0v) is 12.8. The van der Waals surface area contributed by atoms with E-state index in [-0.39, 0.29) is 36.5 Å². The van der Waals surface area contributed by atoms with E-state index in [0.717, 1.165) is 17.7 Å². The Bertz CT molecular complexity index is 498. The molecule has 2 heterocycles. The largest absolute Gasteiger partial charge is 0.493 e. The van der Waals surface area contributed by atoms with Gasteiger partial charge in [-0.1, -0.05) is 18.2 Å². The Morgan fingerprint density at radius 1 is 1.33 bits per heavy atom. The molecule has 6 heteroatoms. The lowest BCUT2D eigenvalue weighted by Gasteiger charge is -2.32. The molecule has 2 aliphatic rings. The summed E-state index contributed by atoms with van der Waals surface area (Å²) in [6.45, 7) is 3.93. The molecule has 0 aliphatic carbocycles. The van der Waals surface area contributed by atoms with E-state index in [1.165, 1.54) is 0 Å². The minimum Gasteiger partial charge on any atom is -0.493 e. The van der Waals surface area contributed by atoms with Gasteiger partial charge in [-0.25, -0.2) is 0 Å². The van der Waals surface area contributed by atoms with E-state index in [0.29, 0.717) is 19.8 Å². The number of amides is 1. The minimum absolute atomic E-state index is 0. The first kappa shape index (κ1) is 16.1. The number of hydrogen-bond acceptors (Lipinski definition) is 4. The van der Waals surface area contributed by atoms with Crippen molar-refractivity contribution in [3.8, 4) is 5.75 Å². The summed E-state index contributed by atoms with van der Waals surface area (Å²) in [4.78, 5) is 12.4. The van der Waals surface area contributed by atoms with Gasteiger partial charge in [0.1, 0.15) is 11.8 Å². The van der Waals surface area contributed by atoms with Gasteiger partial charge in [-0.15, -0.1) is 12.4 Å². The Kier molecular flexibility index (Phi) is 5.45. The van der Waals surface area contributed by atoms with Crippen LogP contribution < -0.4 is 15.4 Å². The van der Waals surface area contributed by atoms with Crippen LogP contribution in [0.25, 0.3) is 0 Å². The molecule has 1 amide bonds. The number of morpholine rings is 1. The van der Waals surface area contributed by atoms with E-state index < -0.39 is 0 Å². The van der Waals surface area contributed by atoms with Gasteiger partial charge in [-0.05, 0) is 13.0 Å². The van der Waals surface area contributed by atoms with Crippen molar-refractivity contribution in [1.29, 1.82) is 0 Å². The zero-order valence-electron chi connectivity index (χ0n) is 12.0. The number of fused-ring (bicyclic) bond motifs is 1. The topological polar surface area (TPSA) is 59.6 Å². The van der Waals surface area contributed by atoms with Gasteiger partial charge >= 0.3 is 0 Å². The second kappa shape index (κ2) is 7.11. The standard InChI is InChI=1S/C15H20N2O3.ClH/c1-10-14(16-7-9-19-10)15(18)17-12-6-8-20-13-5-3-2-4-11(12)13;/h2-5,10,12,14,16H,6-9H2,1H3,(H,17,18);1H/t10-,12?,14+;/m1./s1. The normalized spacial score (nSPS) is 27.8. The van der Waals surface area contributed by atoms with Gasteiger partial charge in [-0.3, -0.25) is 4.79 Å². The maximum atomic E-state index is 12.4. The van der Waals surface area contributed by atoms with Crippen LogP contribution in [0.4, 0.5) is 0 Å². The lowest BCUT2D eigenvalue weighted by Crippen LogP contribution is -2.56. The van der Waals surface area contributed by atoms with Crippen LogP contribution in [0.3, 0.4) is 0 Å². The molecule has 0 bridgehead atoms. The van der Waals surface area contributed by atoms with Crippen LogP contribution in [-0.2, 0) is 9.53 Å². The van der Waals surface area contributed by atoms with Crippen molar-refractivity contribution in [3.63, 3.8) is 0 Å². The molecule has 116 valence electrons. The molecule has 5 nitrogen and oxygen atoms in total. The summed E-state index contributed by atoms with van der Waals surface area (Å²) in [5.41, 5.74) is 1.05. The fourth-order valence-corrected chi connectivity index (χ4v) is 2.78. The molecule has 1 aromatic carbocycles. The van der Waals surface area contributed by atoms with Crippen molar-refractivity contribution in [2.75, 3.05) is 19.8 Å². The molecule has 2 aliphatic heterocycles. The first-order valence-electron chi connectivity index (χ1n) is 7.13. The molecule has 1 fully saturated rings. The third kappa shape index (κ3) is 3.48. The van der Waals surface area contributed by atoms with Gasteiger partial charge in [-0.2, -0.15) is 0 Å². The first-order valence-corrected chi connectivity index (χ1v) is 7.13. The second-order valence-corrected chi connectivity index (χ2v) is 5.24. The molecule has 3 atom stereocenters. The van der Waals surface area contributed by atoms with Crippen molar-refractivity contribution < 1.29 is 14.3 Å². The molecular weight excluding hydrogens is 292 g/mol. The SMILES string of the molecule is C[C@H]1OCCN[C@@H]1C(=O)NC1CCOc2ccccc21.Cl. The van der Waals surface area contributed by atoms with Gasteiger partial charge in [0.05, 0.1) is 25.4 Å². The summed E-state index contributed by atoms with van der Waals surface area (Å²) in [7, 11) is 0. The fourth-order valence-electron chi connectivity index (χ4n) is 2.78. The molecule has 21 heavy (non-hydrogen) atoms. The lowest BCUT2D eigenvalue weighted by atomic mass is 9.99. The molecule has 0 spiro atoms. The number of carbonyl (C=O) groups excluding carboxylic acids is 1. The monoisotopic (exact) mass is 312 g/mol. The molecule has 0 saturated carbocycles. The predicted molar refractivity (Wildman–Crippen MR) is 81.9 cm³/mol. The molecule has 1 saturated heterocycles. The third-order valence-corrected chi connectivity index (χ3v) is 3.87. The number of halogens is 1. The predicted octanol–water partition coefficient (Wildman–Crippen LogP) is 1.43. The average molecular weight is 313 g/mol. The smallest absolute Gasteiger partial charge is 0.240 e. The molecule has 1 aromatic rings. The number of ether oxygens (including phenoxy) is 2. The van der Waals surface area contributed by atoms with E-state index in [1.54, 1.807) is 0 Å². The maximum absolute atomic E-state index is 12.4. The first-order chi connectivity index (χ1) is 9.75. The number of rotatable bonds is 2. The lowest BCUT2D eigenvalue weighted by molar-refractivity contribution is -0.129. The molecule has 2 N–H and O–H groups in total. The molecule has 0 aromatic heterocycles. The van der Waals surface area contributed by atoms with E-state index >= 15 is 0 Å². The van der Waals surface area contributed by atoms with Gasteiger partial charge in [0.15, 0.2) is 0 Å².